The highest BCUT2D eigenvalue weighted by molar-refractivity contribution is 7.80. The maximum absolute atomic E-state index is 13.4. The second-order valence-corrected chi connectivity index (χ2v) is 8.87. The van der Waals surface area contributed by atoms with E-state index in [4.69, 9.17) is 17.0 Å². The number of anilines is 1. The molecule has 0 aliphatic carbocycles. The lowest BCUT2D eigenvalue weighted by atomic mass is 9.90. The number of esters is 1. The molecule has 6 nitrogen and oxygen atoms in total. The van der Waals surface area contributed by atoms with E-state index in [2.05, 4.69) is 10.6 Å². The standard InChI is InChI=1S/C29H29N3O3S/c1-4-32-19(2)24(28(34)35-3)26(31-29(32)36)22-15-17-23(18-16-22)30-27(33)25(20-11-7-5-8-12-20)21-13-9-6-10-14-21/h5-18,25-26H,4H2,1-3H3,(H,30,33)(H,31,36)/t26-/m0/s1. The Morgan fingerprint density at radius 3 is 2.03 bits per heavy atom. The zero-order valence-electron chi connectivity index (χ0n) is 20.5. The number of thiocarbonyl (C=S) groups is 1. The first-order valence-electron chi connectivity index (χ1n) is 11.8. The van der Waals surface area contributed by atoms with E-state index < -0.39 is 17.9 Å². The lowest BCUT2D eigenvalue weighted by Gasteiger charge is -2.36. The Hall–Kier alpha value is -3.97. The number of carbonyl (C=O) groups excluding carboxylic acids is 2. The topological polar surface area (TPSA) is 70.7 Å². The summed E-state index contributed by atoms with van der Waals surface area (Å²) in [6.07, 6.45) is 0. The maximum atomic E-state index is 13.4. The number of hydrogen-bond donors (Lipinski definition) is 2. The molecule has 184 valence electrons. The van der Waals surface area contributed by atoms with Crippen LogP contribution in [-0.4, -0.2) is 35.5 Å². The van der Waals surface area contributed by atoms with E-state index in [0.29, 0.717) is 22.9 Å². The van der Waals surface area contributed by atoms with Crippen molar-refractivity contribution in [2.24, 2.45) is 0 Å². The largest absolute Gasteiger partial charge is 0.466 e. The molecule has 0 unspecified atom stereocenters. The van der Waals surface area contributed by atoms with Crippen molar-refractivity contribution in [3.8, 4) is 0 Å². The molecule has 0 bridgehead atoms. The third kappa shape index (κ3) is 5.16. The van der Waals surface area contributed by atoms with Crippen molar-refractivity contribution in [1.29, 1.82) is 0 Å². The maximum Gasteiger partial charge on any atom is 0.337 e. The second-order valence-electron chi connectivity index (χ2n) is 8.48. The molecule has 7 heteroatoms. The molecule has 36 heavy (non-hydrogen) atoms. The molecule has 0 aromatic heterocycles. The predicted octanol–water partition coefficient (Wildman–Crippen LogP) is 5.16. The van der Waals surface area contributed by atoms with Crippen molar-refractivity contribution in [2.75, 3.05) is 19.0 Å². The highest BCUT2D eigenvalue weighted by Gasteiger charge is 2.34. The number of carbonyl (C=O) groups is 2. The second kappa shape index (κ2) is 11.2. The number of amides is 1. The molecular formula is C29H29N3O3S. The van der Waals surface area contributed by atoms with Crippen molar-refractivity contribution in [3.63, 3.8) is 0 Å². The van der Waals surface area contributed by atoms with Crippen molar-refractivity contribution in [2.45, 2.75) is 25.8 Å². The van der Waals surface area contributed by atoms with Crippen LogP contribution in [0.2, 0.25) is 0 Å². The van der Waals surface area contributed by atoms with Gasteiger partial charge in [-0.25, -0.2) is 4.79 Å². The molecule has 1 aliphatic heterocycles. The lowest BCUT2D eigenvalue weighted by molar-refractivity contribution is -0.136. The average molecular weight is 500 g/mol. The SMILES string of the molecule is CCN1C(=S)N[C@@H](c2ccc(NC(=O)C(c3ccccc3)c3ccccc3)cc2)C(C(=O)OC)=C1C. The van der Waals surface area contributed by atoms with E-state index in [1.807, 2.05) is 104 Å². The number of methoxy groups -OCH3 is 1. The lowest BCUT2D eigenvalue weighted by Crippen LogP contribution is -2.47. The van der Waals surface area contributed by atoms with Crippen LogP contribution >= 0.6 is 12.2 Å². The van der Waals surface area contributed by atoms with Crippen molar-refractivity contribution < 1.29 is 14.3 Å². The van der Waals surface area contributed by atoms with Crippen LogP contribution in [0.15, 0.2) is 96.2 Å². The molecule has 2 N–H and O–H groups in total. The first kappa shape index (κ1) is 25.1. The summed E-state index contributed by atoms with van der Waals surface area (Å²) >= 11 is 5.53. The van der Waals surface area contributed by atoms with Crippen LogP contribution in [0.4, 0.5) is 5.69 Å². The third-order valence-corrected chi connectivity index (χ3v) is 6.70. The Morgan fingerprint density at radius 1 is 0.972 bits per heavy atom. The van der Waals surface area contributed by atoms with Crippen LogP contribution in [0.5, 0.6) is 0 Å². The summed E-state index contributed by atoms with van der Waals surface area (Å²) in [4.78, 5) is 27.9. The third-order valence-electron chi connectivity index (χ3n) is 6.36. The van der Waals surface area contributed by atoms with Crippen molar-refractivity contribution in [3.05, 3.63) is 113 Å². The Morgan fingerprint density at radius 2 is 1.53 bits per heavy atom. The van der Waals surface area contributed by atoms with Gasteiger partial charge in [-0.05, 0) is 54.9 Å². The van der Waals surface area contributed by atoms with Gasteiger partial charge in [0, 0.05) is 17.9 Å². The minimum Gasteiger partial charge on any atom is -0.466 e. The summed E-state index contributed by atoms with van der Waals surface area (Å²) in [5, 5.41) is 6.87. The number of hydrogen-bond acceptors (Lipinski definition) is 4. The molecular weight excluding hydrogens is 470 g/mol. The first-order valence-corrected chi connectivity index (χ1v) is 12.2. The molecule has 1 amide bonds. The summed E-state index contributed by atoms with van der Waals surface area (Å²) < 4.78 is 5.06. The minimum atomic E-state index is -0.445. The predicted molar refractivity (Wildman–Crippen MR) is 145 cm³/mol. The van der Waals surface area contributed by atoms with Gasteiger partial charge in [-0.15, -0.1) is 0 Å². The van der Waals surface area contributed by atoms with Gasteiger partial charge in [0.15, 0.2) is 5.11 Å². The number of nitrogens with one attached hydrogen (secondary N) is 2. The molecule has 0 radical (unpaired) electrons. The number of benzene rings is 3. The van der Waals surface area contributed by atoms with E-state index in [-0.39, 0.29) is 5.91 Å². The summed E-state index contributed by atoms with van der Waals surface area (Å²) in [6, 6.07) is 26.4. The van der Waals surface area contributed by atoms with Gasteiger partial charge >= 0.3 is 5.97 Å². The Balaban J connectivity index is 1.60. The zero-order chi connectivity index (χ0) is 25.7. The van der Waals surface area contributed by atoms with Crippen LogP contribution in [0, 0.1) is 0 Å². The van der Waals surface area contributed by atoms with Crippen LogP contribution in [-0.2, 0) is 14.3 Å². The number of ether oxygens (including phenoxy) is 1. The van der Waals surface area contributed by atoms with Gasteiger partial charge < -0.3 is 20.3 Å². The highest BCUT2D eigenvalue weighted by atomic mass is 32.1. The molecule has 1 heterocycles. The molecule has 4 rings (SSSR count). The summed E-state index contributed by atoms with van der Waals surface area (Å²) in [5.41, 5.74) is 4.62. The number of rotatable bonds is 7. The van der Waals surface area contributed by atoms with Gasteiger partial charge in [-0.2, -0.15) is 0 Å². The summed E-state index contributed by atoms with van der Waals surface area (Å²) in [7, 11) is 1.37. The Bertz CT molecular complexity index is 1230. The molecule has 0 fully saturated rings. The molecule has 3 aromatic rings. The molecule has 0 saturated carbocycles. The fraction of sp³-hybridized carbons (Fsp3) is 0.207. The van der Waals surface area contributed by atoms with Crippen molar-refractivity contribution >= 4 is 34.9 Å². The normalized spacial score (nSPS) is 15.5. The van der Waals surface area contributed by atoms with Gasteiger partial charge in [0.05, 0.1) is 24.6 Å². The Labute approximate surface area is 217 Å². The average Bonchev–Trinajstić information content (AvgIpc) is 2.90. The molecule has 0 spiro atoms. The quantitative estimate of drug-likeness (QED) is 0.346. The van der Waals surface area contributed by atoms with Gasteiger partial charge in [0.1, 0.15) is 0 Å². The van der Waals surface area contributed by atoms with Gasteiger partial charge in [-0.3, -0.25) is 4.79 Å². The highest BCUT2D eigenvalue weighted by Crippen LogP contribution is 2.32. The molecule has 3 aromatic carbocycles. The fourth-order valence-electron chi connectivity index (χ4n) is 4.55. The fourth-order valence-corrected chi connectivity index (χ4v) is 4.93. The van der Waals surface area contributed by atoms with E-state index in [1.165, 1.54) is 7.11 Å². The van der Waals surface area contributed by atoms with Crippen LogP contribution < -0.4 is 10.6 Å². The minimum absolute atomic E-state index is 0.123. The zero-order valence-corrected chi connectivity index (χ0v) is 21.3. The van der Waals surface area contributed by atoms with E-state index in [1.54, 1.807) is 0 Å². The number of nitrogens with zero attached hydrogens (tertiary/aromatic N) is 1. The van der Waals surface area contributed by atoms with Crippen molar-refractivity contribution in [1.82, 2.24) is 10.2 Å². The molecule has 1 aliphatic rings. The molecule has 1 atom stereocenters. The van der Waals surface area contributed by atoms with E-state index >= 15 is 0 Å². The van der Waals surface area contributed by atoms with Crippen LogP contribution in [0.3, 0.4) is 0 Å². The monoisotopic (exact) mass is 499 g/mol. The van der Waals surface area contributed by atoms with Gasteiger partial charge in [0.2, 0.25) is 5.91 Å². The van der Waals surface area contributed by atoms with Crippen LogP contribution in [0.25, 0.3) is 0 Å². The van der Waals surface area contributed by atoms with Gasteiger partial charge in [-0.1, -0.05) is 72.8 Å². The first-order chi connectivity index (χ1) is 17.4. The smallest absolute Gasteiger partial charge is 0.337 e. The van der Waals surface area contributed by atoms with E-state index in [9.17, 15) is 9.59 Å². The van der Waals surface area contributed by atoms with E-state index in [0.717, 1.165) is 22.4 Å². The summed E-state index contributed by atoms with van der Waals surface area (Å²) in [6.45, 7) is 4.49. The Kier molecular flexibility index (Phi) is 7.80. The van der Waals surface area contributed by atoms with Crippen LogP contribution in [0.1, 0.15) is 42.5 Å². The summed E-state index contributed by atoms with van der Waals surface area (Å²) in [5.74, 6) is -0.973. The number of allylic oxidation sites excluding steroid dienone is 1. The van der Waals surface area contributed by atoms with Gasteiger partial charge in [0.25, 0.3) is 0 Å². The molecule has 0 saturated heterocycles.